The van der Waals surface area contributed by atoms with Crippen molar-refractivity contribution in [1.29, 1.82) is 0 Å². The Bertz CT molecular complexity index is 1390. The molecule has 0 radical (unpaired) electrons. The first kappa shape index (κ1) is 21.0. The molecular weight excluding hydrogens is 487 g/mol. The lowest BCUT2D eigenvalue weighted by Gasteiger charge is -2.24. The maximum Gasteiger partial charge on any atom is 0.159 e. The number of benzene rings is 2. The lowest BCUT2D eigenvalue weighted by atomic mass is 10.0. The van der Waals surface area contributed by atoms with Gasteiger partial charge in [-0.15, -0.1) is 0 Å². The van der Waals surface area contributed by atoms with Crippen LogP contribution < -0.4 is 10.1 Å². The minimum absolute atomic E-state index is 0.0247. The maximum absolute atomic E-state index is 13.6. The molecule has 1 N–H and O–H groups in total. The Morgan fingerprint density at radius 1 is 1.28 bits per heavy atom. The molecule has 10 heteroatoms. The molecule has 3 aromatic rings. The number of hydrogen-bond donors (Lipinski definition) is 1. The number of ketones is 1. The maximum atomic E-state index is 13.6. The number of hydrogen-bond acceptors (Lipinski definition) is 8. The van der Waals surface area contributed by atoms with Crippen LogP contribution in [0.2, 0.25) is 5.02 Å². The van der Waals surface area contributed by atoms with Crippen LogP contribution >= 0.6 is 11.6 Å². The summed E-state index contributed by atoms with van der Waals surface area (Å²) in [5.74, 6) is -0.394. The first-order chi connectivity index (χ1) is 18.6. The van der Waals surface area contributed by atoms with Gasteiger partial charge in [0, 0.05) is 48.8 Å². The van der Waals surface area contributed by atoms with Gasteiger partial charge in [-0.05, 0) is 30.3 Å². The normalized spacial score (nSPS) is 21.7. The molecule has 1 aromatic heterocycles. The van der Waals surface area contributed by atoms with E-state index in [1.807, 2.05) is 0 Å². The molecule has 0 spiro atoms. The van der Waals surface area contributed by atoms with Crippen molar-refractivity contribution in [3.8, 4) is 5.75 Å². The third kappa shape index (κ3) is 5.49. The highest BCUT2D eigenvalue weighted by molar-refractivity contribution is 6.31. The third-order valence-corrected chi connectivity index (χ3v) is 6.47. The van der Waals surface area contributed by atoms with Crippen LogP contribution in [0.1, 0.15) is 9.68 Å². The Labute approximate surface area is 217 Å². The Morgan fingerprint density at radius 3 is 2.83 bits per heavy atom. The number of rotatable bonds is 8. The van der Waals surface area contributed by atoms with Crippen LogP contribution in [0.3, 0.4) is 0 Å². The van der Waals surface area contributed by atoms with Crippen LogP contribution in [0, 0.1) is 5.82 Å². The number of nitrogens with one attached hydrogen (secondary N) is 1. The monoisotopic (exact) mass is 515 g/mol. The number of nitrogens with zero attached hydrogens (tertiary/aromatic N) is 3. The molecular formula is C26H26ClFN4O4. The summed E-state index contributed by atoms with van der Waals surface area (Å²) in [5.41, 5.74) is 1.24. The topological polar surface area (TPSA) is 85.8 Å². The molecule has 2 aromatic carbocycles. The van der Waals surface area contributed by atoms with E-state index in [2.05, 4.69) is 20.2 Å². The van der Waals surface area contributed by atoms with E-state index in [4.69, 9.17) is 29.9 Å². The van der Waals surface area contributed by atoms with Crippen LogP contribution in [0.5, 0.6) is 5.75 Å². The van der Waals surface area contributed by atoms with E-state index in [0.717, 1.165) is 13.1 Å². The van der Waals surface area contributed by atoms with Crippen molar-refractivity contribution < 1.29 is 27.5 Å². The van der Waals surface area contributed by atoms with Crippen LogP contribution in [0.15, 0.2) is 48.8 Å². The molecule has 8 nitrogen and oxygen atoms in total. The predicted octanol–water partition coefficient (Wildman–Crippen LogP) is 3.94. The van der Waals surface area contributed by atoms with Gasteiger partial charge in [0.1, 0.15) is 23.7 Å². The summed E-state index contributed by atoms with van der Waals surface area (Å²) in [4.78, 5) is 23.5. The molecule has 5 rings (SSSR count). The van der Waals surface area contributed by atoms with Crippen molar-refractivity contribution >= 4 is 39.8 Å². The molecule has 3 heterocycles. The largest absolute Gasteiger partial charge is 0.496 e. The van der Waals surface area contributed by atoms with E-state index in [1.54, 1.807) is 12.1 Å². The van der Waals surface area contributed by atoms with Crippen LogP contribution in [-0.4, -0.2) is 72.7 Å². The summed E-state index contributed by atoms with van der Waals surface area (Å²) < 4.78 is 52.9. The predicted molar refractivity (Wildman–Crippen MR) is 135 cm³/mol. The molecule has 2 fully saturated rings. The second-order valence-corrected chi connectivity index (χ2v) is 9.04. The fourth-order valence-electron chi connectivity index (χ4n) is 4.44. The summed E-state index contributed by atoms with van der Waals surface area (Å²) in [5, 5.41) is 3.53. The Balaban J connectivity index is 1.36. The SMILES string of the molecule is [2H]C([2H])([2H])Oc1cc2ncnc(Nc3ccc(F)c(Cl)c3)c2cc1CC(=O)/C=C/CN1CC2OCCOC2C1. The molecule has 0 aliphatic carbocycles. The van der Waals surface area contributed by atoms with Gasteiger partial charge in [-0.3, -0.25) is 9.69 Å². The summed E-state index contributed by atoms with van der Waals surface area (Å²) in [7, 11) is -2.73. The summed E-state index contributed by atoms with van der Waals surface area (Å²) in [6, 6.07) is 7.23. The summed E-state index contributed by atoms with van der Waals surface area (Å²) in [6.45, 7) is 3.22. The quantitative estimate of drug-likeness (QED) is 0.451. The highest BCUT2D eigenvalue weighted by Crippen LogP contribution is 2.31. The lowest BCUT2D eigenvalue weighted by molar-refractivity contribution is -0.116. The lowest BCUT2D eigenvalue weighted by Crippen LogP contribution is -2.36. The van der Waals surface area contributed by atoms with Crippen LogP contribution in [0.25, 0.3) is 10.9 Å². The molecule has 2 aliphatic heterocycles. The number of anilines is 2. The number of carbonyl (C=O) groups excluding carboxylic acids is 1. The van der Waals surface area contributed by atoms with Gasteiger partial charge in [-0.25, -0.2) is 14.4 Å². The van der Waals surface area contributed by atoms with Gasteiger partial charge in [0.2, 0.25) is 0 Å². The average Bonchev–Trinajstić information content (AvgIpc) is 3.29. The highest BCUT2D eigenvalue weighted by atomic mass is 35.5. The zero-order chi connectivity index (χ0) is 27.6. The molecule has 2 unspecified atom stereocenters. The molecule has 36 heavy (non-hydrogen) atoms. The number of fused-ring (bicyclic) bond motifs is 2. The van der Waals surface area contributed by atoms with E-state index in [0.29, 0.717) is 47.7 Å². The van der Waals surface area contributed by atoms with E-state index < -0.39 is 12.9 Å². The van der Waals surface area contributed by atoms with Crippen LogP contribution in [0.4, 0.5) is 15.9 Å². The van der Waals surface area contributed by atoms with E-state index in [1.165, 1.54) is 36.7 Å². The smallest absolute Gasteiger partial charge is 0.159 e. The molecule has 0 amide bonds. The molecule has 2 aliphatic rings. The van der Waals surface area contributed by atoms with Crippen LogP contribution in [-0.2, 0) is 20.7 Å². The summed E-state index contributed by atoms with van der Waals surface area (Å²) in [6.07, 6.45) is 4.55. The van der Waals surface area contributed by atoms with Crippen molar-refractivity contribution in [2.45, 2.75) is 18.6 Å². The highest BCUT2D eigenvalue weighted by Gasteiger charge is 2.35. The first-order valence-corrected chi connectivity index (χ1v) is 11.9. The molecule has 2 atom stereocenters. The van der Waals surface area contributed by atoms with Gasteiger partial charge in [0.25, 0.3) is 0 Å². The van der Waals surface area contributed by atoms with Crippen molar-refractivity contribution in [3.05, 3.63) is 65.2 Å². The number of aromatic nitrogens is 2. The fraction of sp³-hybridized carbons (Fsp3) is 0.346. The zero-order valence-electron chi connectivity index (χ0n) is 22.2. The number of halogens is 2. The van der Waals surface area contributed by atoms with Crippen molar-refractivity contribution in [2.24, 2.45) is 0 Å². The average molecular weight is 516 g/mol. The third-order valence-electron chi connectivity index (χ3n) is 6.18. The zero-order valence-corrected chi connectivity index (χ0v) is 20.0. The fourth-order valence-corrected chi connectivity index (χ4v) is 4.62. The van der Waals surface area contributed by atoms with Crippen molar-refractivity contribution in [3.63, 3.8) is 0 Å². The number of allylic oxidation sites excluding steroid dienone is 1. The molecule has 188 valence electrons. The molecule has 2 saturated heterocycles. The van der Waals surface area contributed by atoms with Gasteiger partial charge in [-0.2, -0.15) is 0 Å². The second-order valence-electron chi connectivity index (χ2n) is 8.64. The van der Waals surface area contributed by atoms with Crippen molar-refractivity contribution in [1.82, 2.24) is 14.9 Å². The van der Waals surface area contributed by atoms with E-state index >= 15 is 0 Å². The van der Waals surface area contributed by atoms with Gasteiger partial charge < -0.3 is 19.5 Å². The minimum atomic E-state index is -2.73. The minimum Gasteiger partial charge on any atom is -0.496 e. The number of ether oxygens (including phenoxy) is 3. The standard InChI is InChI=1S/C26H26ClFN4O4/c1-34-23-12-22-19(26(30-15-29-22)31-17-4-5-21(28)20(27)11-17)10-16(23)9-18(33)3-2-6-32-13-24-25(14-32)36-8-7-35-24/h2-5,10-12,15,24-25H,6-9,13-14H2,1H3,(H,29,30,31)/b3-2+/i1D3. The number of likely N-dealkylation sites (tertiary alicyclic amines) is 1. The number of methoxy groups -OCH3 is 1. The van der Waals surface area contributed by atoms with Gasteiger partial charge in [-0.1, -0.05) is 17.7 Å². The van der Waals surface area contributed by atoms with Gasteiger partial charge >= 0.3 is 0 Å². The second kappa shape index (κ2) is 10.9. The molecule has 0 saturated carbocycles. The molecule has 0 bridgehead atoms. The number of carbonyl (C=O) groups is 1. The van der Waals surface area contributed by atoms with Crippen molar-refractivity contribution in [2.75, 3.05) is 45.2 Å². The Morgan fingerprint density at radius 2 is 2.08 bits per heavy atom. The summed E-state index contributed by atoms with van der Waals surface area (Å²) >= 11 is 5.90. The van der Waals surface area contributed by atoms with E-state index in [9.17, 15) is 9.18 Å². The Kier molecular flexibility index (Phi) is 6.35. The van der Waals surface area contributed by atoms with Gasteiger partial charge in [0.15, 0.2) is 5.78 Å². The van der Waals surface area contributed by atoms with Gasteiger partial charge in [0.05, 0.1) is 47.1 Å². The van der Waals surface area contributed by atoms with E-state index in [-0.39, 0.29) is 35.2 Å². The Hall–Kier alpha value is -3.11. The first-order valence-electron chi connectivity index (χ1n) is 13.0.